The maximum atomic E-state index is 12.3. The number of rotatable bonds is 3. The second-order valence-corrected chi connectivity index (χ2v) is 7.27. The van der Waals surface area contributed by atoms with Crippen molar-refractivity contribution in [3.8, 4) is 0 Å². The molecule has 2 amide bonds. The number of benzene rings is 2. The fourth-order valence-corrected chi connectivity index (χ4v) is 3.81. The highest BCUT2D eigenvalue weighted by Crippen LogP contribution is 2.36. The molecule has 0 bridgehead atoms. The molecule has 26 heavy (non-hydrogen) atoms. The summed E-state index contributed by atoms with van der Waals surface area (Å²) in [5.41, 5.74) is 5.37. The summed E-state index contributed by atoms with van der Waals surface area (Å²) in [5.74, 6) is 0. The number of anilines is 4. The van der Waals surface area contributed by atoms with Crippen molar-refractivity contribution >= 4 is 39.0 Å². The minimum atomic E-state index is -0.316. The zero-order valence-electron chi connectivity index (χ0n) is 14.6. The monoisotopic (exact) mass is 365 g/mol. The molecule has 0 unspecified atom stereocenters. The van der Waals surface area contributed by atoms with E-state index in [-0.39, 0.29) is 6.03 Å². The number of fused-ring (bicyclic) bond motifs is 1. The Hall–Kier alpha value is -2.93. The third kappa shape index (κ3) is 3.25. The van der Waals surface area contributed by atoms with Crippen molar-refractivity contribution in [1.82, 2.24) is 10.2 Å². The molecule has 7 heteroatoms. The fourth-order valence-electron chi connectivity index (χ4n) is 3.03. The average Bonchev–Trinajstić information content (AvgIpc) is 3.24. The number of urea groups is 1. The Morgan fingerprint density at radius 3 is 2.85 bits per heavy atom. The van der Waals surface area contributed by atoms with Gasteiger partial charge in [-0.05, 0) is 49.1 Å². The first-order valence-electron chi connectivity index (χ1n) is 8.44. The third-order valence-electron chi connectivity index (χ3n) is 4.39. The topological polar surface area (TPSA) is 70.1 Å². The molecule has 0 saturated carbocycles. The van der Waals surface area contributed by atoms with Crippen molar-refractivity contribution in [2.24, 2.45) is 0 Å². The Balaban J connectivity index is 1.46. The molecule has 0 fully saturated rings. The fraction of sp³-hybridized carbons (Fsp3) is 0.211. The van der Waals surface area contributed by atoms with Crippen LogP contribution in [-0.2, 0) is 6.42 Å². The number of hydrogen-bond acceptors (Lipinski definition) is 5. The number of para-hydroxylation sites is 1. The van der Waals surface area contributed by atoms with Crippen LogP contribution in [-0.4, -0.2) is 22.8 Å². The molecular weight excluding hydrogens is 346 g/mol. The molecule has 0 spiro atoms. The van der Waals surface area contributed by atoms with E-state index in [9.17, 15) is 4.79 Å². The summed E-state index contributed by atoms with van der Waals surface area (Å²) in [6, 6.07) is 13.9. The Labute approximate surface area is 155 Å². The maximum absolute atomic E-state index is 12.3. The Bertz CT molecular complexity index is 968. The van der Waals surface area contributed by atoms with Gasteiger partial charge >= 0.3 is 6.03 Å². The predicted octanol–water partition coefficient (Wildman–Crippen LogP) is 4.49. The summed E-state index contributed by atoms with van der Waals surface area (Å²) in [4.78, 5) is 14.4. The molecule has 6 nitrogen and oxygen atoms in total. The van der Waals surface area contributed by atoms with Gasteiger partial charge in [0.2, 0.25) is 10.3 Å². The smallest absolute Gasteiger partial charge is 0.316 e. The van der Waals surface area contributed by atoms with Crippen LogP contribution >= 0.6 is 11.3 Å². The predicted molar refractivity (Wildman–Crippen MR) is 106 cm³/mol. The molecule has 2 heterocycles. The zero-order valence-corrected chi connectivity index (χ0v) is 15.4. The van der Waals surface area contributed by atoms with E-state index in [1.54, 1.807) is 0 Å². The minimum Gasteiger partial charge on any atom is -0.316 e. The number of aryl methyl sites for hydroxylation is 2. The summed E-state index contributed by atoms with van der Waals surface area (Å²) < 4.78 is 0. The summed E-state index contributed by atoms with van der Waals surface area (Å²) in [6.45, 7) is 4.83. The molecule has 3 aromatic rings. The van der Waals surface area contributed by atoms with Crippen molar-refractivity contribution in [2.75, 3.05) is 22.1 Å². The summed E-state index contributed by atoms with van der Waals surface area (Å²) in [6.07, 6.45) is 0.992. The molecule has 2 aromatic carbocycles. The van der Waals surface area contributed by atoms with Crippen LogP contribution in [0.2, 0.25) is 0 Å². The zero-order chi connectivity index (χ0) is 18.1. The third-order valence-corrected chi connectivity index (χ3v) is 5.26. The molecule has 0 saturated heterocycles. The van der Waals surface area contributed by atoms with Crippen LogP contribution < -0.4 is 15.5 Å². The summed E-state index contributed by atoms with van der Waals surface area (Å²) >= 11 is 1.37. The molecule has 1 aromatic heterocycles. The van der Waals surface area contributed by atoms with Crippen LogP contribution in [0.4, 0.5) is 26.4 Å². The van der Waals surface area contributed by atoms with E-state index in [1.807, 2.05) is 44.2 Å². The Morgan fingerprint density at radius 1 is 1.12 bits per heavy atom. The summed E-state index contributed by atoms with van der Waals surface area (Å²) in [5, 5.41) is 15.3. The van der Waals surface area contributed by atoms with Crippen molar-refractivity contribution in [1.29, 1.82) is 0 Å². The van der Waals surface area contributed by atoms with Crippen molar-refractivity contribution < 1.29 is 4.79 Å². The second-order valence-electron chi connectivity index (χ2n) is 6.32. The highest BCUT2D eigenvalue weighted by atomic mass is 32.1. The highest BCUT2D eigenvalue weighted by Gasteiger charge is 2.23. The van der Waals surface area contributed by atoms with Crippen LogP contribution in [0.1, 0.15) is 16.7 Å². The minimum absolute atomic E-state index is 0.316. The molecule has 0 radical (unpaired) electrons. The summed E-state index contributed by atoms with van der Waals surface area (Å²) in [7, 11) is 0. The van der Waals surface area contributed by atoms with Crippen LogP contribution in [0.25, 0.3) is 0 Å². The largest absolute Gasteiger partial charge is 0.325 e. The molecular formula is C19H19N5OS. The van der Waals surface area contributed by atoms with E-state index in [4.69, 9.17) is 0 Å². The van der Waals surface area contributed by atoms with Crippen LogP contribution in [0.15, 0.2) is 42.5 Å². The highest BCUT2D eigenvalue weighted by molar-refractivity contribution is 7.19. The van der Waals surface area contributed by atoms with E-state index < -0.39 is 0 Å². The second kappa shape index (κ2) is 6.76. The molecule has 0 atom stereocenters. The molecule has 132 valence electrons. The van der Waals surface area contributed by atoms with Gasteiger partial charge in [0.25, 0.3) is 0 Å². The molecule has 1 aliphatic heterocycles. The number of hydrogen-bond donors (Lipinski definition) is 2. The lowest BCUT2D eigenvalue weighted by Crippen LogP contribution is -2.19. The van der Waals surface area contributed by atoms with Gasteiger partial charge in [0.05, 0.1) is 0 Å². The number of amides is 2. The maximum Gasteiger partial charge on any atom is 0.325 e. The van der Waals surface area contributed by atoms with E-state index >= 15 is 0 Å². The first kappa shape index (κ1) is 16.5. The van der Waals surface area contributed by atoms with Crippen molar-refractivity contribution in [3.63, 3.8) is 0 Å². The van der Waals surface area contributed by atoms with Crippen LogP contribution in [0.5, 0.6) is 0 Å². The van der Waals surface area contributed by atoms with Gasteiger partial charge in [0.15, 0.2) is 0 Å². The van der Waals surface area contributed by atoms with Gasteiger partial charge in [-0.2, -0.15) is 0 Å². The van der Waals surface area contributed by atoms with Crippen molar-refractivity contribution in [3.05, 3.63) is 59.2 Å². The first-order valence-corrected chi connectivity index (χ1v) is 9.26. The van der Waals surface area contributed by atoms with E-state index in [1.165, 1.54) is 16.9 Å². The standard InChI is InChI=1S/C19H19N5OS/c1-12-7-8-13(2)15(11-12)20-17(25)21-18-22-23-19(26-18)24-10-9-14-5-3-4-6-16(14)24/h3-8,11H,9-10H2,1-2H3,(H2,20,21,22,25). The van der Waals surface area contributed by atoms with Gasteiger partial charge in [0, 0.05) is 17.9 Å². The SMILES string of the molecule is Cc1ccc(C)c(NC(=O)Nc2nnc(N3CCc4ccccc43)s2)c1. The van der Waals surface area contributed by atoms with Crippen LogP contribution in [0, 0.1) is 13.8 Å². The van der Waals surface area contributed by atoms with Gasteiger partial charge in [-0.15, -0.1) is 10.2 Å². The van der Waals surface area contributed by atoms with E-state index in [2.05, 4.69) is 37.9 Å². The van der Waals surface area contributed by atoms with Gasteiger partial charge in [-0.25, -0.2) is 4.79 Å². The normalized spacial score (nSPS) is 12.8. The van der Waals surface area contributed by atoms with Crippen LogP contribution in [0.3, 0.4) is 0 Å². The number of carbonyl (C=O) groups is 1. The Morgan fingerprint density at radius 2 is 1.96 bits per heavy atom. The number of nitrogens with one attached hydrogen (secondary N) is 2. The lowest BCUT2D eigenvalue weighted by Gasteiger charge is -2.14. The van der Waals surface area contributed by atoms with Gasteiger partial charge in [-0.1, -0.05) is 41.7 Å². The first-order chi connectivity index (χ1) is 12.6. The number of aromatic nitrogens is 2. The van der Waals surface area contributed by atoms with Crippen molar-refractivity contribution in [2.45, 2.75) is 20.3 Å². The van der Waals surface area contributed by atoms with Gasteiger partial charge < -0.3 is 10.2 Å². The lowest BCUT2D eigenvalue weighted by atomic mass is 10.1. The van der Waals surface area contributed by atoms with E-state index in [0.717, 1.165) is 40.6 Å². The molecule has 1 aliphatic rings. The quantitative estimate of drug-likeness (QED) is 0.717. The molecule has 4 rings (SSSR count). The number of carbonyl (C=O) groups excluding carboxylic acids is 1. The lowest BCUT2D eigenvalue weighted by molar-refractivity contribution is 0.262. The number of nitrogens with zero attached hydrogens (tertiary/aromatic N) is 3. The molecule has 0 aliphatic carbocycles. The average molecular weight is 365 g/mol. The van der Waals surface area contributed by atoms with E-state index in [0.29, 0.717) is 5.13 Å². The molecule has 2 N–H and O–H groups in total. The van der Waals surface area contributed by atoms with Gasteiger partial charge in [-0.3, -0.25) is 5.32 Å². The Kier molecular flexibility index (Phi) is 4.30. The van der Waals surface area contributed by atoms with Gasteiger partial charge in [0.1, 0.15) is 0 Å².